The second kappa shape index (κ2) is 4.66. The van der Waals surface area contributed by atoms with Crippen LogP contribution in [0.4, 0.5) is 0 Å². The summed E-state index contributed by atoms with van der Waals surface area (Å²) in [6, 6.07) is 0.358. The lowest BCUT2D eigenvalue weighted by Crippen LogP contribution is -2.30. The molecule has 2 aliphatic rings. The zero-order valence-corrected chi connectivity index (χ0v) is 10.6. The van der Waals surface area contributed by atoms with Crippen molar-refractivity contribution in [2.75, 3.05) is 6.54 Å². The molecule has 2 unspecified atom stereocenters. The summed E-state index contributed by atoms with van der Waals surface area (Å²) in [5.74, 6) is 0.590. The number of H-pyrrole nitrogens is 1. The van der Waals surface area contributed by atoms with E-state index in [4.69, 9.17) is 0 Å². The highest BCUT2D eigenvalue weighted by atomic mass is 35.5. The topological polar surface area (TPSA) is 69.8 Å². The molecule has 1 fully saturated rings. The first kappa shape index (κ1) is 12.4. The van der Waals surface area contributed by atoms with Crippen molar-refractivity contribution in [2.45, 2.75) is 32.4 Å². The Bertz CT molecular complexity index is 431. The molecule has 1 amide bonds. The van der Waals surface area contributed by atoms with Crippen LogP contribution in [0.5, 0.6) is 0 Å². The normalized spacial score (nSPS) is 25.7. The quantitative estimate of drug-likeness (QED) is 0.726. The van der Waals surface area contributed by atoms with E-state index in [-0.39, 0.29) is 18.3 Å². The van der Waals surface area contributed by atoms with E-state index in [1.165, 1.54) is 0 Å². The molecule has 2 heterocycles. The summed E-state index contributed by atoms with van der Waals surface area (Å²) in [5.41, 5.74) is 2.71. The third-order valence-electron chi connectivity index (χ3n) is 3.45. The number of halogens is 1. The van der Waals surface area contributed by atoms with Crippen LogP contribution in [0.25, 0.3) is 0 Å². The van der Waals surface area contributed by atoms with Gasteiger partial charge in [-0.1, -0.05) is 6.92 Å². The van der Waals surface area contributed by atoms with Crippen LogP contribution >= 0.6 is 12.4 Å². The summed E-state index contributed by atoms with van der Waals surface area (Å²) in [7, 11) is 0. The number of nitrogens with zero attached hydrogens (tertiary/aromatic N) is 1. The van der Waals surface area contributed by atoms with Crippen molar-refractivity contribution in [3.63, 3.8) is 0 Å². The SMILES string of the molecule is CC1CC1NC(=O)c1n[nH]c2c1CNCC2.Cl. The van der Waals surface area contributed by atoms with Gasteiger partial charge in [0.25, 0.3) is 5.91 Å². The Morgan fingerprint density at radius 1 is 1.53 bits per heavy atom. The maximum absolute atomic E-state index is 12.0. The predicted molar refractivity (Wildman–Crippen MR) is 66.3 cm³/mol. The lowest BCUT2D eigenvalue weighted by atomic mass is 10.1. The van der Waals surface area contributed by atoms with Gasteiger partial charge in [0.1, 0.15) is 0 Å². The van der Waals surface area contributed by atoms with E-state index in [1.807, 2.05) is 0 Å². The van der Waals surface area contributed by atoms with E-state index in [2.05, 4.69) is 27.8 Å². The minimum Gasteiger partial charge on any atom is -0.348 e. The number of aromatic nitrogens is 2. The van der Waals surface area contributed by atoms with Crippen molar-refractivity contribution in [3.8, 4) is 0 Å². The van der Waals surface area contributed by atoms with Crippen molar-refractivity contribution >= 4 is 18.3 Å². The molecule has 3 N–H and O–H groups in total. The van der Waals surface area contributed by atoms with E-state index in [0.29, 0.717) is 17.7 Å². The van der Waals surface area contributed by atoms with Crippen LogP contribution < -0.4 is 10.6 Å². The van der Waals surface area contributed by atoms with Gasteiger partial charge >= 0.3 is 0 Å². The molecule has 17 heavy (non-hydrogen) atoms. The Morgan fingerprint density at radius 2 is 2.29 bits per heavy atom. The Hall–Kier alpha value is -1.07. The second-order valence-electron chi connectivity index (χ2n) is 4.75. The molecule has 1 aromatic rings. The van der Waals surface area contributed by atoms with E-state index >= 15 is 0 Å². The van der Waals surface area contributed by atoms with E-state index < -0.39 is 0 Å². The van der Waals surface area contributed by atoms with E-state index in [0.717, 1.165) is 37.2 Å². The van der Waals surface area contributed by atoms with Gasteiger partial charge in [0.15, 0.2) is 5.69 Å². The maximum atomic E-state index is 12.0. The average Bonchev–Trinajstić information content (AvgIpc) is 2.82. The minimum absolute atomic E-state index is 0. The van der Waals surface area contributed by atoms with Crippen LogP contribution in [0.3, 0.4) is 0 Å². The number of amides is 1. The standard InChI is InChI=1S/C11H16N4O.ClH/c1-6-4-9(6)13-11(16)10-7-5-12-3-2-8(7)14-15-10;/h6,9,12H,2-5H2,1H3,(H,13,16)(H,14,15);1H. The molecule has 0 spiro atoms. The van der Waals surface area contributed by atoms with Crippen molar-refractivity contribution in [1.82, 2.24) is 20.8 Å². The molecule has 6 heteroatoms. The smallest absolute Gasteiger partial charge is 0.272 e. The third kappa shape index (κ3) is 2.30. The summed E-state index contributed by atoms with van der Waals surface area (Å²) in [6.45, 7) is 3.84. The van der Waals surface area contributed by atoms with Crippen LogP contribution in [0, 0.1) is 5.92 Å². The number of carbonyl (C=O) groups excluding carboxylic acids is 1. The monoisotopic (exact) mass is 256 g/mol. The molecular formula is C11H17ClN4O. The molecule has 1 aliphatic carbocycles. The van der Waals surface area contributed by atoms with Gasteiger partial charge in [-0.25, -0.2) is 0 Å². The molecule has 0 aromatic carbocycles. The first-order valence-electron chi connectivity index (χ1n) is 5.83. The summed E-state index contributed by atoms with van der Waals surface area (Å²) in [4.78, 5) is 12.0. The molecule has 3 rings (SSSR count). The first-order chi connectivity index (χ1) is 7.75. The van der Waals surface area contributed by atoms with Gasteiger partial charge in [-0.05, 0) is 12.3 Å². The van der Waals surface area contributed by atoms with Gasteiger partial charge in [-0.2, -0.15) is 5.10 Å². The van der Waals surface area contributed by atoms with Crippen molar-refractivity contribution in [3.05, 3.63) is 17.0 Å². The van der Waals surface area contributed by atoms with Gasteiger partial charge in [0.05, 0.1) is 0 Å². The number of hydrogen-bond acceptors (Lipinski definition) is 3. The van der Waals surface area contributed by atoms with Gasteiger partial charge in [0.2, 0.25) is 0 Å². The average molecular weight is 257 g/mol. The molecule has 1 aliphatic heterocycles. The maximum Gasteiger partial charge on any atom is 0.272 e. The molecule has 94 valence electrons. The van der Waals surface area contributed by atoms with Crippen molar-refractivity contribution < 1.29 is 4.79 Å². The minimum atomic E-state index is -0.0319. The van der Waals surface area contributed by atoms with Crippen LogP contribution in [0.2, 0.25) is 0 Å². The molecule has 1 saturated carbocycles. The van der Waals surface area contributed by atoms with Gasteiger partial charge in [-0.3, -0.25) is 9.89 Å². The fraction of sp³-hybridized carbons (Fsp3) is 0.636. The van der Waals surface area contributed by atoms with Gasteiger partial charge < -0.3 is 10.6 Å². The van der Waals surface area contributed by atoms with E-state index in [9.17, 15) is 4.79 Å². The fourth-order valence-corrected chi connectivity index (χ4v) is 2.17. The number of rotatable bonds is 2. The van der Waals surface area contributed by atoms with Gasteiger partial charge in [-0.15, -0.1) is 12.4 Å². The molecule has 0 bridgehead atoms. The Labute approximate surface area is 106 Å². The number of aromatic amines is 1. The largest absolute Gasteiger partial charge is 0.348 e. The number of fused-ring (bicyclic) bond motifs is 1. The fourth-order valence-electron chi connectivity index (χ4n) is 2.17. The van der Waals surface area contributed by atoms with Crippen molar-refractivity contribution in [1.29, 1.82) is 0 Å². The molecule has 0 radical (unpaired) electrons. The summed E-state index contributed by atoms with van der Waals surface area (Å²) >= 11 is 0. The van der Waals surface area contributed by atoms with Crippen LogP contribution in [-0.2, 0) is 13.0 Å². The molecule has 5 nitrogen and oxygen atoms in total. The lowest BCUT2D eigenvalue weighted by molar-refractivity contribution is 0.0943. The van der Waals surface area contributed by atoms with Crippen LogP contribution in [0.1, 0.15) is 35.1 Å². The number of carbonyl (C=O) groups is 1. The highest BCUT2D eigenvalue weighted by molar-refractivity contribution is 5.94. The lowest BCUT2D eigenvalue weighted by Gasteiger charge is -2.12. The molecular weight excluding hydrogens is 240 g/mol. The first-order valence-corrected chi connectivity index (χ1v) is 5.83. The Kier molecular flexibility index (Phi) is 3.40. The zero-order valence-electron chi connectivity index (χ0n) is 9.75. The summed E-state index contributed by atoms with van der Waals surface area (Å²) in [5, 5.41) is 13.4. The number of hydrogen-bond donors (Lipinski definition) is 3. The summed E-state index contributed by atoms with van der Waals surface area (Å²) in [6.07, 6.45) is 2.02. The highest BCUT2D eigenvalue weighted by Crippen LogP contribution is 2.29. The third-order valence-corrected chi connectivity index (χ3v) is 3.45. The Balaban J connectivity index is 0.00000108. The van der Waals surface area contributed by atoms with Gasteiger partial charge in [0, 0.05) is 36.8 Å². The van der Waals surface area contributed by atoms with Crippen LogP contribution in [-0.4, -0.2) is 28.7 Å². The van der Waals surface area contributed by atoms with E-state index in [1.54, 1.807) is 0 Å². The summed E-state index contributed by atoms with van der Waals surface area (Å²) < 4.78 is 0. The second-order valence-corrected chi connectivity index (χ2v) is 4.75. The molecule has 1 aromatic heterocycles. The Morgan fingerprint density at radius 3 is 3.00 bits per heavy atom. The zero-order chi connectivity index (χ0) is 11.1. The predicted octanol–water partition coefficient (Wildman–Crippen LogP) is 0.615. The highest BCUT2D eigenvalue weighted by Gasteiger charge is 2.35. The number of nitrogens with one attached hydrogen (secondary N) is 3. The van der Waals surface area contributed by atoms with Crippen molar-refractivity contribution in [2.24, 2.45) is 5.92 Å². The molecule has 0 saturated heterocycles. The van der Waals surface area contributed by atoms with Crippen LogP contribution in [0.15, 0.2) is 0 Å². The molecule has 2 atom stereocenters.